The lowest BCUT2D eigenvalue weighted by molar-refractivity contribution is -0.142. The number of fused-ring (bicyclic) bond motifs is 1. The Morgan fingerprint density at radius 3 is 2.90 bits per heavy atom. The number of hydrogen-bond acceptors (Lipinski definition) is 5. The van der Waals surface area contributed by atoms with E-state index in [0.29, 0.717) is 16.9 Å². The Morgan fingerprint density at radius 2 is 2.19 bits per heavy atom. The van der Waals surface area contributed by atoms with Crippen LogP contribution < -0.4 is 5.32 Å². The molecule has 0 atom stereocenters. The second-order valence-corrected chi connectivity index (χ2v) is 4.52. The average molecular weight is 292 g/mol. The van der Waals surface area contributed by atoms with Crippen molar-refractivity contribution < 1.29 is 19.4 Å². The van der Waals surface area contributed by atoms with Crippen LogP contribution in [0.2, 0.25) is 0 Å². The zero-order chi connectivity index (χ0) is 15.4. The van der Waals surface area contributed by atoms with E-state index >= 15 is 0 Å². The van der Waals surface area contributed by atoms with E-state index in [0.717, 1.165) is 5.69 Å². The summed E-state index contributed by atoms with van der Waals surface area (Å²) in [5.41, 5.74) is 2.62. The van der Waals surface area contributed by atoms with E-state index in [-0.39, 0.29) is 25.7 Å². The first-order valence-electron chi connectivity index (χ1n) is 6.38. The summed E-state index contributed by atoms with van der Waals surface area (Å²) >= 11 is 0. The fourth-order valence-corrected chi connectivity index (χ4v) is 1.88. The van der Waals surface area contributed by atoms with Crippen LogP contribution in [0.1, 0.15) is 21.7 Å². The van der Waals surface area contributed by atoms with Crippen molar-refractivity contribution in [2.24, 2.45) is 0 Å². The minimum atomic E-state index is -1.04. The van der Waals surface area contributed by atoms with Crippen molar-refractivity contribution in [3.8, 4) is 0 Å². The summed E-state index contributed by atoms with van der Waals surface area (Å²) in [6, 6.07) is 1.83. The van der Waals surface area contributed by atoms with Crippen molar-refractivity contribution in [3.05, 3.63) is 29.2 Å². The topological polar surface area (TPSA) is 106 Å². The Morgan fingerprint density at radius 1 is 1.43 bits per heavy atom. The van der Waals surface area contributed by atoms with Gasteiger partial charge in [-0.2, -0.15) is 5.10 Å². The number of rotatable bonds is 6. The molecule has 0 fully saturated rings. The summed E-state index contributed by atoms with van der Waals surface area (Å²) < 4.78 is 6.45. The van der Waals surface area contributed by atoms with E-state index in [2.05, 4.69) is 15.4 Å². The van der Waals surface area contributed by atoms with Gasteiger partial charge in [0, 0.05) is 18.8 Å². The quantitative estimate of drug-likeness (QED) is 0.736. The molecule has 1 amide bonds. The first-order valence-corrected chi connectivity index (χ1v) is 6.38. The summed E-state index contributed by atoms with van der Waals surface area (Å²) in [7, 11) is 0. The number of hydrogen-bond donors (Lipinski definition) is 2. The molecule has 0 saturated heterocycles. The number of aryl methyl sites for hydroxylation is 2. The predicted molar refractivity (Wildman–Crippen MR) is 73.2 cm³/mol. The van der Waals surface area contributed by atoms with Crippen LogP contribution in [0.15, 0.2) is 12.3 Å². The summed E-state index contributed by atoms with van der Waals surface area (Å²) in [6.45, 7) is 3.62. The fourth-order valence-electron chi connectivity index (χ4n) is 1.88. The van der Waals surface area contributed by atoms with Crippen molar-refractivity contribution in [1.29, 1.82) is 0 Å². The second kappa shape index (κ2) is 6.31. The van der Waals surface area contributed by atoms with Crippen LogP contribution in [-0.4, -0.2) is 51.3 Å². The number of carbonyl (C=O) groups is 2. The maximum atomic E-state index is 12.0. The van der Waals surface area contributed by atoms with E-state index in [1.807, 2.05) is 13.0 Å². The van der Waals surface area contributed by atoms with Gasteiger partial charge in [0.25, 0.3) is 5.91 Å². The highest BCUT2D eigenvalue weighted by Gasteiger charge is 2.13. The molecule has 8 heteroatoms. The molecule has 2 aromatic heterocycles. The highest BCUT2D eigenvalue weighted by atomic mass is 16.5. The molecule has 0 aliphatic rings. The number of nitrogens with zero attached hydrogens (tertiary/aromatic N) is 3. The first kappa shape index (κ1) is 14.9. The maximum absolute atomic E-state index is 12.0. The van der Waals surface area contributed by atoms with E-state index in [1.165, 1.54) is 6.20 Å². The zero-order valence-electron chi connectivity index (χ0n) is 11.8. The molecule has 21 heavy (non-hydrogen) atoms. The lowest BCUT2D eigenvalue weighted by Crippen LogP contribution is -2.29. The highest BCUT2D eigenvalue weighted by Crippen LogP contribution is 2.10. The minimum Gasteiger partial charge on any atom is -0.480 e. The molecule has 112 valence electrons. The average Bonchev–Trinajstić information content (AvgIpc) is 2.79. The van der Waals surface area contributed by atoms with Crippen molar-refractivity contribution >= 4 is 17.5 Å². The predicted octanol–water partition coefficient (Wildman–Crippen LogP) is 0.177. The van der Waals surface area contributed by atoms with Gasteiger partial charge in [-0.15, -0.1) is 0 Å². The van der Waals surface area contributed by atoms with Gasteiger partial charge in [-0.05, 0) is 13.8 Å². The molecule has 2 N–H and O–H groups in total. The van der Waals surface area contributed by atoms with Gasteiger partial charge in [0.2, 0.25) is 0 Å². The van der Waals surface area contributed by atoms with Crippen LogP contribution in [0.5, 0.6) is 0 Å². The standard InChI is InChI=1S/C13H16N4O4/c1-8-5-11-15-6-10(9(2)17(11)16-8)13(20)14-3-4-21-7-12(18)19/h5-6H,3-4,7H2,1-2H3,(H,14,20)(H,18,19). The molecule has 0 radical (unpaired) electrons. The molecular weight excluding hydrogens is 276 g/mol. The molecule has 0 saturated carbocycles. The number of nitrogens with one attached hydrogen (secondary N) is 1. The van der Waals surface area contributed by atoms with Gasteiger partial charge in [0.05, 0.1) is 23.6 Å². The molecule has 2 rings (SSSR count). The number of ether oxygens (including phenoxy) is 1. The monoisotopic (exact) mass is 292 g/mol. The third-order valence-electron chi connectivity index (χ3n) is 2.85. The highest BCUT2D eigenvalue weighted by molar-refractivity contribution is 5.95. The van der Waals surface area contributed by atoms with E-state index < -0.39 is 5.97 Å². The normalized spacial score (nSPS) is 10.8. The molecule has 0 aliphatic carbocycles. The lowest BCUT2D eigenvalue weighted by Gasteiger charge is -2.08. The molecule has 0 aliphatic heterocycles. The Labute approximate surface area is 120 Å². The number of carboxylic acid groups (broad SMARTS) is 1. The third kappa shape index (κ3) is 3.54. The van der Waals surface area contributed by atoms with Crippen LogP contribution in [-0.2, 0) is 9.53 Å². The van der Waals surface area contributed by atoms with Crippen LogP contribution in [0.25, 0.3) is 5.65 Å². The van der Waals surface area contributed by atoms with E-state index in [1.54, 1.807) is 11.4 Å². The Balaban J connectivity index is 1.99. The molecule has 0 aromatic carbocycles. The molecule has 0 unspecified atom stereocenters. The Kier molecular flexibility index (Phi) is 4.49. The zero-order valence-corrected chi connectivity index (χ0v) is 11.8. The largest absolute Gasteiger partial charge is 0.480 e. The summed E-state index contributed by atoms with van der Waals surface area (Å²) in [5, 5.41) is 15.3. The molecule has 8 nitrogen and oxygen atoms in total. The summed E-state index contributed by atoms with van der Waals surface area (Å²) in [5.74, 6) is -1.34. The van der Waals surface area contributed by atoms with Crippen LogP contribution in [0.4, 0.5) is 0 Å². The van der Waals surface area contributed by atoms with Crippen molar-refractivity contribution in [2.75, 3.05) is 19.8 Å². The molecule has 2 heterocycles. The minimum absolute atomic E-state index is 0.133. The fraction of sp³-hybridized carbons (Fsp3) is 0.385. The van der Waals surface area contributed by atoms with Crippen LogP contribution in [0, 0.1) is 13.8 Å². The van der Waals surface area contributed by atoms with Gasteiger partial charge in [0.15, 0.2) is 5.65 Å². The molecule has 2 aromatic rings. The smallest absolute Gasteiger partial charge is 0.329 e. The first-order chi connectivity index (χ1) is 9.99. The van der Waals surface area contributed by atoms with E-state index in [4.69, 9.17) is 9.84 Å². The number of amides is 1. The van der Waals surface area contributed by atoms with Crippen LogP contribution in [0.3, 0.4) is 0 Å². The van der Waals surface area contributed by atoms with Crippen molar-refractivity contribution in [1.82, 2.24) is 19.9 Å². The van der Waals surface area contributed by atoms with Crippen LogP contribution >= 0.6 is 0 Å². The second-order valence-electron chi connectivity index (χ2n) is 4.52. The van der Waals surface area contributed by atoms with E-state index in [9.17, 15) is 9.59 Å². The SMILES string of the molecule is Cc1cc2ncc(C(=O)NCCOCC(=O)O)c(C)n2n1. The van der Waals surface area contributed by atoms with Gasteiger partial charge in [-0.25, -0.2) is 14.3 Å². The van der Waals surface area contributed by atoms with Crippen molar-refractivity contribution in [2.45, 2.75) is 13.8 Å². The van der Waals surface area contributed by atoms with Gasteiger partial charge in [0.1, 0.15) is 6.61 Å². The molecule has 0 bridgehead atoms. The third-order valence-corrected chi connectivity index (χ3v) is 2.85. The van der Waals surface area contributed by atoms with Gasteiger partial charge in [-0.3, -0.25) is 4.79 Å². The number of aliphatic carboxylic acids is 1. The van der Waals surface area contributed by atoms with Gasteiger partial charge in [-0.1, -0.05) is 0 Å². The molecular formula is C13H16N4O4. The maximum Gasteiger partial charge on any atom is 0.329 e. The Bertz CT molecular complexity index is 680. The van der Waals surface area contributed by atoms with Gasteiger partial charge < -0.3 is 15.2 Å². The number of carbonyl (C=O) groups excluding carboxylic acids is 1. The Hall–Kier alpha value is -2.48. The van der Waals surface area contributed by atoms with Gasteiger partial charge >= 0.3 is 5.97 Å². The number of carboxylic acids is 1. The summed E-state index contributed by atoms with van der Waals surface area (Å²) in [6.07, 6.45) is 1.50. The lowest BCUT2D eigenvalue weighted by atomic mass is 10.2. The van der Waals surface area contributed by atoms with Crippen molar-refractivity contribution in [3.63, 3.8) is 0 Å². The summed E-state index contributed by atoms with van der Waals surface area (Å²) in [4.78, 5) is 26.5. The number of aromatic nitrogens is 3. The molecule has 0 spiro atoms.